The number of hydrogen-bond donors (Lipinski definition) is 2. The van der Waals surface area contributed by atoms with Crippen LogP contribution in [0.2, 0.25) is 0 Å². The summed E-state index contributed by atoms with van der Waals surface area (Å²) in [6.07, 6.45) is -0.259. The van der Waals surface area contributed by atoms with E-state index < -0.39 is 0 Å². The molecule has 0 saturated carbocycles. The molecule has 1 aliphatic rings. The number of aliphatic hydroxyl groups is 1. The molecule has 0 aliphatic carbocycles. The lowest BCUT2D eigenvalue weighted by Gasteiger charge is -2.36. The molecule has 2 atom stereocenters. The Morgan fingerprint density at radius 2 is 2.33 bits per heavy atom. The van der Waals surface area contributed by atoms with Gasteiger partial charge in [-0.1, -0.05) is 6.07 Å². The van der Waals surface area contributed by atoms with Crippen molar-refractivity contribution in [3.8, 4) is 0 Å². The second-order valence-corrected chi connectivity index (χ2v) is 5.42. The van der Waals surface area contributed by atoms with E-state index >= 15 is 0 Å². The van der Waals surface area contributed by atoms with E-state index in [1.807, 2.05) is 18.7 Å². The maximum Gasteiger partial charge on any atom is 0.238 e. The van der Waals surface area contributed by atoms with Gasteiger partial charge in [0.2, 0.25) is 5.91 Å². The SMILES string of the molecule is Cc1ccc(F)cc1NC(=O)CN1CC(CO)OCC1C. The maximum atomic E-state index is 13.2. The van der Waals surface area contributed by atoms with Gasteiger partial charge in [-0.15, -0.1) is 0 Å². The number of hydrogen-bond acceptors (Lipinski definition) is 4. The van der Waals surface area contributed by atoms with Crippen molar-refractivity contribution in [2.75, 3.05) is 31.6 Å². The maximum absolute atomic E-state index is 13.2. The van der Waals surface area contributed by atoms with Gasteiger partial charge in [-0.2, -0.15) is 0 Å². The highest BCUT2D eigenvalue weighted by Gasteiger charge is 2.27. The molecule has 1 fully saturated rings. The van der Waals surface area contributed by atoms with Gasteiger partial charge in [-0.05, 0) is 31.5 Å². The van der Waals surface area contributed by atoms with Crippen molar-refractivity contribution in [3.05, 3.63) is 29.6 Å². The molecule has 1 aromatic carbocycles. The normalized spacial score (nSPS) is 23.0. The standard InChI is InChI=1S/C15H21FN2O3/c1-10-3-4-12(16)5-14(10)17-15(20)7-18-6-13(8-19)21-9-11(18)2/h3-5,11,13,19H,6-9H2,1-2H3,(H,17,20). The molecule has 0 radical (unpaired) electrons. The van der Waals surface area contributed by atoms with E-state index in [2.05, 4.69) is 5.32 Å². The van der Waals surface area contributed by atoms with Crippen molar-refractivity contribution in [3.63, 3.8) is 0 Å². The first-order valence-corrected chi connectivity index (χ1v) is 7.02. The van der Waals surface area contributed by atoms with Crippen molar-refractivity contribution in [2.24, 2.45) is 0 Å². The molecule has 1 aliphatic heterocycles. The summed E-state index contributed by atoms with van der Waals surface area (Å²) in [4.78, 5) is 14.1. The molecule has 2 N–H and O–H groups in total. The molecule has 116 valence electrons. The minimum Gasteiger partial charge on any atom is -0.394 e. The van der Waals surface area contributed by atoms with Crippen LogP contribution < -0.4 is 5.32 Å². The molecule has 0 bridgehead atoms. The van der Waals surface area contributed by atoms with E-state index in [4.69, 9.17) is 9.84 Å². The molecule has 0 spiro atoms. The van der Waals surface area contributed by atoms with Crippen LogP contribution in [-0.2, 0) is 9.53 Å². The summed E-state index contributed by atoms with van der Waals surface area (Å²) < 4.78 is 18.6. The highest BCUT2D eigenvalue weighted by molar-refractivity contribution is 5.93. The van der Waals surface area contributed by atoms with Gasteiger partial charge in [0.25, 0.3) is 0 Å². The summed E-state index contributed by atoms with van der Waals surface area (Å²) in [6, 6.07) is 4.41. The summed E-state index contributed by atoms with van der Waals surface area (Å²) in [5, 5.41) is 11.9. The van der Waals surface area contributed by atoms with E-state index in [1.165, 1.54) is 12.1 Å². The van der Waals surface area contributed by atoms with Gasteiger partial charge >= 0.3 is 0 Å². The third-order valence-corrected chi connectivity index (χ3v) is 3.66. The number of aryl methyl sites for hydroxylation is 1. The van der Waals surface area contributed by atoms with Crippen LogP contribution in [0, 0.1) is 12.7 Å². The molecule has 6 heteroatoms. The van der Waals surface area contributed by atoms with Crippen LogP contribution in [0.5, 0.6) is 0 Å². The molecule has 1 heterocycles. The first-order chi connectivity index (χ1) is 9.99. The number of nitrogens with one attached hydrogen (secondary N) is 1. The van der Waals surface area contributed by atoms with E-state index in [0.717, 1.165) is 5.56 Å². The van der Waals surface area contributed by atoms with Crippen molar-refractivity contribution in [2.45, 2.75) is 26.0 Å². The first-order valence-electron chi connectivity index (χ1n) is 7.02. The van der Waals surface area contributed by atoms with Crippen LogP contribution in [-0.4, -0.2) is 54.4 Å². The molecular formula is C15H21FN2O3. The zero-order valence-corrected chi connectivity index (χ0v) is 12.3. The van der Waals surface area contributed by atoms with E-state index in [0.29, 0.717) is 18.8 Å². The number of morpholine rings is 1. The summed E-state index contributed by atoms with van der Waals surface area (Å²) in [5.41, 5.74) is 1.30. The van der Waals surface area contributed by atoms with E-state index in [9.17, 15) is 9.18 Å². The molecular weight excluding hydrogens is 275 g/mol. The number of aliphatic hydroxyl groups excluding tert-OH is 1. The van der Waals surface area contributed by atoms with Gasteiger partial charge in [-0.25, -0.2) is 4.39 Å². The lowest BCUT2D eigenvalue weighted by Crippen LogP contribution is -2.51. The van der Waals surface area contributed by atoms with Gasteiger partial charge in [0.1, 0.15) is 5.82 Å². The summed E-state index contributed by atoms with van der Waals surface area (Å²) in [7, 11) is 0. The second-order valence-electron chi connectivity index (χ2n) is 5.42. The fourth-order valence-electron chi connectivity index (χ4n) is 2.31. The number of rotatable bonds is 4. The van der Waals surface area contributed by atoms with E-state index in [-0.39, 0.29) is 37.0 Å². The largest absolute Gasteiger partial charge is 0.394 e. The summed E-state index contributed by atoms with van der Waals surface area (Å²) in [6.45, 7) is 4.90. The fraction of sp³-hybridized carbons (Fsp3) is 0.533. The van der Waals surface area contributed by atoms with Gasteiger partial charge in [0, 0.05) is 18.3 Å². The number of benzene rings is 1. The summed E-state index contributed by atoms with van der Waals surface area (Å²) >= 11 is 0. The Kier molecular flexibility index (Phi) is 5.27. The Hall–Kier alpha value is -1.50. The van der Waals surface area contributed by atoms with E-state index in [1.54, 1.807) is 6.07 Å². The topological polar surface area (TPSA) is 61.8 Å². The molecule has 5 nitrogen and oxygen atoms in total. The predicted molar refractivity (Wildman–Crippen MR) is 77.6 cm³/mol. The first kappa shape index (κ1) is 15.9. The highest BCUT2D eigenvalue weighted by atomic mass is 19.1. The predicted octanol–water partition coefficient (Wildman–Crippen LogP) is 1.15. The fourth-order valence-corrected chi connectivity index (χ4v) is 2.31. The molecule has 2 unspecified atom stereocenters. The van der Waals surface area contributed by atoms with Crippen molar-refractivity contribution >= 4 is 11.6 Å². The third kappa shape index (κ3) is 4.23. The van der Waals surface area contributed by atoms with Crippen LogP contribution >= 0.6 is 0 Å². The lowest BCUT2D eigenvalue weighted by atomic mass is 10.2. The van der Waals surface area contributed by atoms with Gasteiger partial charge < -0.3 is 15.2 Å². The van der Waals surface area contributed by atoms with Crippen LogP contribution in [0.4, 0.5) is 10.1 Å². The Bertz CT molecular complexity index is 510. The van der Waals surface area contributed by atoms with Crippen LogP contribution in [0.1, 0.15) is 12.5 Å². The average molecular weight is 296 g/mol. The van der Waals surface area contributed by atoms with Crippen LogP contribution in [0.25, 0.3) is 0 Å². The van der Waals surface area contributed by atoms with Gasteiger partial charge in [-0.3, -0.25) is 9.69 Å². The lowest BCUT2D eigenvalue weighted by molar-refractivity contribution is -0.122. The van der Waals surface area contributed by atoms with Gasteiger partial charge in [0.15, 0.2) is 0 Å². The zero-order chi connectivity index (χ0) is 15.4. The Morgan fingerprint density at radius 1 is 1.57 bits per heavy atom. The zero-order valence-electron chi connectivity index (χ0n) is 12.3. The second kappa shape index (κ2) is 6.98. The molecule has 1 saturated heterocycles. The Morgan fingerprint density at radius 3 is 3.05 bits per heavy atom. The molecule has 1 amide bonds. The third-order valence-electron chi connectivity index (χ3n) is 3.66. The van der Waals surface area contributed by atoms with Gasteiger partial charge in [0.05, 0.1) is 25.9 Å². The van der Waals surface area contributed by atoms with Crippen molar-refractivity contribution in [1.29, 1.82) is 0 Å². The smallest absolute Gasteiger partial charge is 0.238 e. The minimum atomic E-state index is -0.379. The number of amides is 1. The van der Waals surface area contributed by atoms with Crippen LogP contribution in [0.3, 0.4) is 0 Å². The number of carbonyl (C=O) groups excluding carboxylic acids is 1. The Labute approximate surface area is 123 Å². The monoisotopic (exact) mass is 296 g/mol. The quantitative estimate of drug-likeness (QED) is 0.875. The molecule has 21 heavy (non-hydrogen) atoms. The number of anilines is 1. The highest BCUT2D eigenvalue weighted by Crippen LogP contribution is 2.17. The molecule has 2 rings (SSSR count). The van der Waals surface area contributed by atoms with Crippen LogP contribution in [0.15, 0.2) is 18.2 Å². The number of carbonyl (C=O) groups is 1. The minimum absolute atomic E-state index is 0.0617. The number of ether oxygens (including phenoxy) is 1. The molecule has 0 aromatic heterocycles. The van der Waals surface area contributed by atoms with Crippen molar-refractivity contribution in [1.82, 2.24) is 4.90 Å². The average Bonchev–Trinajstić information content (AvgIpc) is 2.45. The summed E-state index contributed by atoms with van der Waals surface area (Å²) in [5.74, 6) is -0.579. The van der Waals surface area contributed by atoms with Crippen molar-refractivity contribution < 1.29 is 19.0 Å². The Balaban J connectivity index is 1.96. The molecule has 1 aromatic rings. The number of halogens is 1. The number of nitrogens with zero attached hydrogens (tertiary/aromatic N) is 1.